The van der Waals surface area contributed by atoms with Crippen molar-refractivity contribution in [3.05, 3.63) is 40.7 Å². The van der Waals surface area contributed by atoms with Gasteiger partial charge in [-0.1, -0.05) is 50.1 Å². The fraction of sp³-hybridized carbons (Fsp3) is 0.750. The first-order chi connectivity index (χ1) is 14.8. The third-order valence-corrected chi connectivity index (χ3v) is 10.7. The van der Waals surface area contributed by atoms with Gasteiger partial charge in [-0.05, 0) is 117 Å². The average molecular weight is 442 g/mol. The molecule has 0 spiro atoms. The van der Waals surface area contributed by atoms with E-state index in [1.807, 2.05) is 12.1 Å². The van der Waals surface area contributed by atoms with Gasteiger partial charge >= 0.3 is 0 Å². The van der Waals surface area contributed by atoms with Gasteiger partial charge in [0.05, 0.1) is 6.10 Å². The number of aromatic nitrogens is 1. The standard InChI is InChI=1S/C28H40ClNO/c1-18(7-9-20-5-4-6-26(29)30-20)23-11-12-24-22-10-8-19-17-21(31)13-15-27(19,2)25(22)14-16-28(23,24)3/h4-6,8,18,21-25,31H,7,9-17H2,1-3H3. The highest BCUT2D eigenvalue weighted by molar-refractivity contribution is 6.29. The lowest BCUT2D eigenvalue weighted by atomic mass is 9.47. The fourth-order valence-corrected chi connectivity index (χ4v) is 8.96. The van der Waals surface area contributed by atoms with Crippen LogP contribution < -0.4 is 0 Å². The monoisotopic (exact) mass is 441 g/mol. The van der Waals surface area contributed by atoms with E-state index in [0.717, 1.165) is 54.5 Å². The van der Waals surface area contributed by atoms with Crippen LogP contribution in [0.25, 0.3) is 0 Å². The van der Waals surface area contributed by atoms with E-state index in [-0.39, 0.29) is 6.10 Å². The summed E-state index contributed by atoms with van der Waals surface area (Å²) in [4.78, 5) is 4.52. The second-order valence-corrected chi connectivity index (χ2v) is 12.2. The minimum atomic E-state index is -0.101. The quantitative estimate of drug-likeness (QED) is 0.394. The van der Waals surface area contributed by atoms with Crippen LogP contribution in [0, 0.1) is 40.4 Å². The molecule has 0 aliphatic heterocycles. The van der Waals surface area contributed by atoms with E-state index < -0.39 is 0 Å². The summed E-state index contributed by atoms with van der Waals surface area (Å²) in [5.74, 6) is 4.15. The summed E-state index contributed by atoms with van der Waals surface area (Å²) in [6.45, 7) is 7.68. The van der Waals surface area contributed by atoms with Crippen molar-refractivity contribution in [1.82, 2.24) is 4.98 Å². The van der Waals surface area contributed by atoms with Crippen molar-refractivity contribution in [1.29, 1.82) is 0 Å². The molecule has 31 heavy (non-hydrogen) atoms. The van der Waals surface area contributed by atoms with Gasteiger partial charge in [0.1, 0.15) is 5.15 Å². The number of nitrogens with zero attached hydrogens (tertiary/aromatic N) is 1. The van der Waals surface area contributed by atoms with Gasteiger partial charge in [0.15, 0.2) is 0 Å². The molecule has 0 bridgehead atoms. The van der Waals surface area contributed by atoms with Crippen molar-refractivity contribution in [3.8, 4) is 0 Å². The molecule has 1 aromatic rings. The number of hydrogen-bond donors (Lipinski definition) is 1. The molecular weight excluding hydrogens is 402 g/mol. The molecule has 3 heteroatoms. The summed E-state index contributed by atoms with van der Waals surface area (Å²) in [6, 6.07) is 6.02. The zero-order valence-electron chi connectivity index (χ0n) is 19.6. The molecule has 3 fully saturated rings. The van der Waals surface area contributed by atoms with Crippen LogP contribution in [0.4, 0.5) is 0 Å². The van der Waals surface area contributed by atoms with Crippen molar-refractivity contribution in [2.24, 2.45) is 40.4 Å². The minimum Gasteiger partial charge on any atom is -0.393 e. The van der Waals surface area contributed by atoms with E-state index in [9.17, 15) is 5.11 Å². The summed E-state index contributed by atoms with van der Waals surface area (Å²) < 4.78 is 0. The fourth-order valence-electron chi connectivity index (χ4n) is 8.78. The summed E-state index contributed by atoms with van der Waals surface area (Å²) >= 11 is 6.10. The number of aliphatic hydroxyl groups is 1. The SMILES string of the molecule is CC(CCc1cccc(Cl)n1)C1CCC2C3CC=C4CC(O)CCC4(C)C3CCC12C. The number of rotatable bonds is 4. The third-order valence-electron chi connectivity index (χ3n) is 10.5. The molecule has 0 aromatic carbocycles. The highest BCUT2D eigenvalue weighted by atomic mass is 35.5. The molecule has 2 nitrogen and oxygen atoms in total. The van der Waals surface area contributed by atoms with Crippen molar-refractivity contribution >= 4 is 11.6 Å². The van der Waals surface area contributed by atoms with E-state index in [1.165, 1.54) is 44.9 Å². The van der Waals surface area contributed by atoms with Crippen molar-refractivity contribution in [2.75, 3.05) is 0 Å². The number of fused-ring (bicyclic) bond motifs is 5. The van der Waals surface area contributed by atoms with Crippen molar-refractivity contribution in [2.45, 2.75) is 91.1 Å². The molecule has 8 unspecified atom stereocenters. The first-order valence-corrected chi connectivity index (χ1v) is 13.2. The number of hydrogen-bond acceptors (Lipinski definition) is 2. The molecule has 4 aliphatic rings. The molecule has 170 valence electrons. The Labute approximate surface area is 193 Å². The molecular formula is C28H40ClNO. The second kappa shape index (κ2) is 8.17. The lowest BCUT2D eigenvalue weighted by Crippen LogP contribution is -2.50. The smallest absolute Gasteiger partial charge is 0.129 e. The molecule has 4 aliphatic carbocycles. The summed E-state index contributed by atoms with van der Waals surface area (Å²) in [5.41, 5.74) is 3.58. The van der Waals surface area contributed by atoms with E-state index >= 15 is 0 Å². The van der Waals surface area contributed by atoms with Gasteiger partial charge < -0.3 is 5.11 Å². The number of halogens is 1. The first kappa shape index (κ1) is 22.0. The Morgan fingerprint density at radius 3 is 2.77 bits per heavy atom. The Balaban J connectivity index is 1.31. The number of aliphatic hydroxyl groups excluding tert-OH is 1. The van der Waals surface area contributed by atoms with E-state index in [2.05, 4.69) is 37.9 Å². The van der Waals surface area contributed by atoms with Crippen LogP contribution in [0.2, 0.25) is 5.15 Å². The van der Waals surface area contributed by atoms with Gasteiger partial charge in [0, 0.05) is 5.69 Å². The molecule has 0 saturated heterocycles. The number of allylic oxidation sites excluding steroid dienone is 1. The topological polar surface area (TPSA) is 33.1 Å². The number of aryl methyl sites for hydroxylation is 1. The average Bonchev–Trinajstić information content (AvgIpc) is 3.10. The van der Waals surface area contributed by atoms with Crippen LogP contribution in [0.1, 0.15) is 84.3 Å². The normalized spacial score (nSPS) is 42.9. The molecule has 1 N–H and O–H groups in total. The van der Waals surface area contributed by atoms with Crippen LogP contribution in [0.3, 0.4) is 0 Å². The van der Waals surface area contributed by atoms with Crippen molar-refractivity contribution in [3.63, 3.8) is 0 Å². The van der Waals surface area contributed by atoms with E-state index in [1.54, 1.807) is 5.57 Å². The highest BCUT2D eigenvalue weighted by Crippen LogP contribution is 2.67. The van der Waals surface area contributed by atoms with Crippen molar-refractivity contribution < 1.29 is 5.11 Å². The van der Waals surface area contributed by atoms with Gasteiger partial charge in [-0.2, -0.15) is 0 Å². The van der Waals surface area contributed by atoms with Crippen LogP contribution >= 0.6 is 11.6 Å². The summed E-state index contributed by atoms with van der Waals surface area (Å²) in [6.07, 6.45) is 14.7. The second-order valence-electron chi connectivity index (χ2n) is 11.9. The molecule has 8 atom stereocenters. The van der Waals surface area contributed by atoms with Crippen LogP contribution in [0.15, 0.2) is 29.8 Å². The molecule has 1 aromatic heterocycles. The van der Waals surface area contributed by atoms with E-state index in [4.69, 9.17) is 11.6 Å². The molecule has 5 rings (SSSR count). The predicted molar refractivity (Wildman–Crippen MR) is 128 cm³/mol. The Morgan fingerprint density at radius 1 is 1.13 bits per heavy atom. The van der Waals surface area contributed by atoms with Gasteiger partial charge in [-0.3, -0.25) is 0 Å². The maximum atomic E-state index is 10.2. The van der Waals surface area contributed by atoms with Crippen LogP contribution in [0.5, 0.6) is 0 Å². The Morgan fingerprint density at radius 2 is 1.97 bits per heavy atom. The maximum Gasteiger partial charge on any atom is 0.129 e. The highest BCUT2D eigenvalue weighted by Gasteiger charge is 2.59. The zero-order chi connectivity index (χ0) is 21.8. The molecule has 1 heterocycles. The molecule has 0 radical (unpaired) electrons. The maximum absolute atomic E-state index is 10.2. The Bertz CT molecular complexity index is 851. The third kappa shape index (κ3) is 3.70. The molecule has 0 amide bonds. The van der Waals surface area contributed by atoms with Gasteiger partial charge in [0.25, 0.3) is 0 Å². The largest absolute Gasteiger partial charge is 0.393 e. The minimum absolute atomic E-state index is 0.101. The van der Waals surface area contributed by atoms with E-state index in [0.29, 0.717) is 16.0 Å². The lowest BCUT2D eigenvalue weighted by molar-refractivity contribution is -0.0571. The van der Waals surface area contributed by atoms with Gasteiger partial charge in [-0.25, -0.2) is 4.98 Å². The predicted octanol–water partition coefficient (Wildman–Crippen LogP) is 7.24. The Hall–Kier alpha value is -0.860. The lowest BCUT2D eigenvalue weighted by Gasteiger charge is -2.58. The first-order valence-electron chi connectivity index (χ1n) is 12.8. The van der Waals surface area contributed by atoms with Gasteiger partial charge in [-0.15, -0.1) is 0 Å². The van der Waals surface area contributed by atoms with Crippen LogP contribution in [-0.4, -0.2) is 16.2 Å². The number of pyridine rings is 1. The van der Waals surface area contributed by atoms with Gasteiger partial charge in [0.2, 0.25) is 0 Å². The zero-order valence-corrected chi connectivity index (χ0v) is 20.4. The summed E-state index contributed by atoms with van der Waals surface area (Å²) in [5, 5.41) is 10.9. The van der Waals surface area contributed by atoms with Crippen LogP contribution in [-0.2, 0) is 6.42 Å². The Kier molecular flexibility index (Phi) is 5.79. The molecule has 3 saturated carbocycles. The summed E-state index contributed by atoms with van der Waals surface area (Å²) in [7, 11) is 0.